The van der Waals surface area contributed by atoms with Crippen LogP contribution in [0.1, 0.15) is 46.8 Å². The molecule has 2 aliphatic rings. The van der Waals surface area contributed by atoms with Crippen LogP contribution in [-0.4, -0.2) is 54.3 Å². The predicted molar refractivity (Wildman–Crippen MR) is 118 cm³/mol. The number of carbonyl (C=O) groups is 2. The van der Waals surface area contributed by atoms with Gasteiger partial charge in [0.05, 0.1) is 25.8 Å². The van der Waals surface area contributed by atoms with Crippen molar-refractivity contribution in [1.82, 2.24) is 9.80 Å². The molecule has 1 fully saturated rings. The Balaban J connectivity index is 1.39. The molecular weight excluding hydrogens is 392 g/mol. The summed E-state index contributed by atoms with van der Waals surface area (Å²) in [6.07, 6.45) is 2.41. The second kappa shape index (κ2) is 10.1. The number of morpholine rings is 1. The van der Waals surface area contributed by atoms with Crippen molar-refractivity contribution in [1.29, 1.82) is 0 Å². The van der Waals surface area contributed by atoms with Crippen LogP contribution in [0.25, 0.3) is 0 Å². The van der Waals surface area contributed by atoms with Gasteiger partial charge in [-0.15, -0.1) is 0 Å². The van der Waals surface area contributed by atoms with Gasteiger partial charge in [0, 0.05) is 30.8 Å². The lowest BCUT2D eigenvalue weighted by atomic mass is 10.1. The van der Waals surface area contributed by atoms with Gasteiger partial charge in [-0.3, -0.25) is 9.69 Å². The molecule has 0 radical (unpaired) electrons. The quantitative estimate of drug-likeness (QED) is 0.580. The summed E-state index contributed by atoms with van der Waals surface area (Å²) in [5.41, 5.74) is 3.88. The summed E-state index contributed by atoms with van der Waals surface area (Å²) in [7, 11) is 0. The number of nitrogens with zero attached hydrogens (tertiary/aromatic N) is 2. The fourth-order valence-corrected chi connectivity index (χ4v) is 4.24. The molecule has 6 heteroatoms. The van der Waals surface area contributed by atoms with Crippen molar-refractivity contribution in [2.45, 2.75) is 45.5 Å². The Morgan fingerprint density at radius 3 is 2.55 bits per heavy atom. The first-order valence-electron chi connectivity index (χ1n) is 11.1. The maximum absolute atomic E-state index is 12.8. The summed E-state index contributed by atoms with van der Waals surface area (Å²) in [5, 5.41) is 0. The largest absolute Gasteiger partial charge is 0.489 e. The highest BCUT2D eigenvalue weighted by Crippen LogP contribution is 2.33. The second-order valence-corrected chi connectivity index (χ2v) is 8.20. The number of aldehydes is 1. The normalized spacial score (nSPS) is 17.5. The van der Waals surface area contributed by atoms with E-state index in [2.05, 4.69) is 29.2 Å². The van der Waals surface area contributed by atoms with Gasteiger partial charge >= 0.3 is 0 Å². The molecule has 2 aromatic rings. The smallest absolute Gasteiger partial charge is 0.255 e. The average Bonchev–Trinajstić information content (AvgIpc) is 3.14. The van der Waals surface area contributed by atoms with Crippen LogP contribution in [0.3, 0.4) is 0 Å². The van der Waals surface area contributed by atoms with Crippen molar-refractivity contribution < 1.29 is 19.1 Å². The monoisotopic (exact) mass is 422 g/mol. The highest BCUT2D eigenvalue weighted by atomic mass is 16.5. The van der Waals surface area contributed by atoms with Crippen LogP contribution in [0, 0.1) is 0 Å². The van der Waals surface area contributed by atoms with Gasteiger partial charge in [0.1, 0.15) is 18.6 Å². The van der Waals surface area contributed by atoms with Crippen molar-refractivity contribution in [3.05, 3.63) is 64.7 Å². The fraction of sp³-hybridized carbons (Fsp3) is 0.440. The van der Waals surface area contributed by atoms with Crippen molar-refractivity contribution in [2.24, 2.45) is 0 Å². The van der Waals surface area contributed by atoms with E-state index in [-0.39, 0.29) is 11.9 Å². The number of ether oxygens (including phenoxy) is 2. The van der Waals surface area contributed by atoms with Crippen LogP contribution in [0.15, 0.2) is 42.5 Å². The fourth-order valence-electron chi connectivity index (χ4n) is 4.24. The Hall–Kier alpha value is -2.70. The number of hydrogen-bond acceptors (Lipinski definition) is 5. The standard InChI is InChI=1S/C25H30N2O4/c1-2-4-21(17-28)27-16-23-22(25(27)29)5-3-6-24(23)31-18-20-9-7-19(8-10-20)15-26-11-13-30-14-12-26/h3,5-10,17,21H,2,4,11-16,18H2,1H3. The lowest BCUT2D eigenvalue weighted by Gasteiger charge is -2.26. The third-order valence-electron chi connectivity index (χ3n) is 6.02. The molecule has 0 N–H and O–H groups in total. The third-order valence-corrected chi connectivity index (χ3v) is 6.02. The van der Waals surface area contributed by atoms with E-state index >= 15 is 0 Å². The van der Waals surface area contributed by atoms with Gasteiger partial charge in [-0.25, -0.2) is 0 Å². The Bertz CT molecular complexity index is 906. The molecule has 164 valence electrons. The average molecular weight is 423 g/mol. The maximum atomic E-state index is 12.8. The van der Waals surface area contributed by atoms with E-state index in [1.165, 1.54) is 5.56 Å². The topological polar surface area (TPSA) is 59.1 Å². The number of rotatable bonds is 9. The molecule has 31 heavy (non-hydrogen) atoms. The lowest BCUT2D eigenvalue weighted by Crippen LogP contribution is -2.36. The Morgan fingerprint density at radius 1 is 1.10 bits per heavy atom. The van der Waals surface area contributed by atoms with Crippen LogP contribution in [0.5, 0.6) is 5.75 Å². The van der Waals surface area contributed by atoms with Gasteiger partial charge in [0.25, 0.3) is 5.91 Å². The summed E-state index contributed by atoms with van der Waals surface area (Å²) in [4.78, 5) is 28.4. The molecule has 6 nitrogen and oxygen atoms in total. The molecule has 0 aliphatic carbocycles. The van der Waals surface area contributed by atoms with Gasteiger partial charge in [0.15, 0.2) is 0 Å². The predicted octanol–water partition coefficient (Wildman–Crippen LogP) is 3.42. The SMILES string of the molecule is CCCC(C=O)N1Cc2c(OCc3ccc(CN4CCOCC4)cc3)cccc2C1=O. The molecule has 1 saturated heterocycles. The van der Waals surface area contributed by atoms with Gasteiger partial charge in [-0.05, 0) is 29.7 Å². The van der Waals surface area contributed by atoms with Crippen LogP contribution >= 0.6 is 0 Å². The summed E-state index contributed by atoms with van der Waals surface area (Å²) >= 11 is 0. The molecule has 0 saturated carbocycles. The Morgan fingerprint density at radius 2 is 1.84 bits per heavy atom. The van der Waals surface area contributed by atoms with E-state index in [4.69, 9.17) is 9.47 Å². The molecule has 2 aliphatic heterocycles. The number of hydrogen-bond donors (Lipinski definition) is 0. The molecule has 4 rings (SSSR count). The number of carbonyl (C=O) groups excluding carboxylic acids is 2. The summed E-state index contributed by atoms with van der Waals surface area (Å²) in [5.74, 6) is 0.630. The van der Waals surface area contributed by atoms with E-state index in [1.54, 1.807) is 4.90 Å². The molecule has 0 spiro atoms. The minimum Gasteiger partial charge on any atom is -0.489 e. The van der Waals surface area contributed by atoms with E-state index in [9.17, 15) is 9.59 Å². The van der Waals surface area contributed by atoms with Gasteiger partial charge in [-0.1, -0.05) is 43.7 Å². The summed E-state index contributed by atoms with van der Waals surface area (Å²) in [6.45, 7) is 7.38. The molecule has 2 aromatic carbocycles. The minimum atomic E-state index is -0.378. The molecular formula is C25H30N2O4. The minimum absolute atomic E-state index is 0.0848. The van der Waals surface area contributed by atoms with Gasteiger partial charge in [0.2, 0.25) is 0 Å². The molecule has 1 atom stereocenters. The molecule has 2 heterocycles. The second-order valence-electron chi connectivity index (χ2n) is 8.20. The Labute approximate surface area is 183 Å². The number of benzene rings is 2. The lowest BCUT2D eigenvalue weighted by molar-refractivity contribution is -0.112. The number of fused-ring (bicyclic) bond motifs is 1. The van der Waals surface area contributed by atoms with E-state index in [0.29, 0.717) is 30.9 Å². The molecule has 0 bridgehead atoms. The van der Waals surface area contributed by atoms with E-state index < -0.39 is 0 Å². The van der Waals surface area contributed by atoms with E-state index in [0.717, 1.165) is 56.7 Å². The molecule has 0 aromatic heterocycles. The highest BCUT2D eigenvalue weighted by Gasteiger charge is 2.34. The van der Waals surface area contributed by atoms with Crippen molar-refractivity contribution in [2.75, 3.05) is 26.3 Å². The zero-order valence-corrected chi connectivity index (χ0v) is 18.1. The summed E-state index contributed by atoms with van der Waals surface area (Å²) < 4.78 is 11.5. The van der Waals surface area contributed by atoms with Crippen LogP contribution in [0.2, 0.25) is 0 Å². The van der Waals surface area contributed by atoms with Gasteiger partial charge in [-0.2, -0.15) is 0 Å². The molecule has 1 unspecified atom stereocenters. The zero-order valence-electron chi connectivity index (χ0n) is 18.1. The van der Waals surface area contributed by atoms with Gasteiger partial charge < -0.3 is 19.2 Å². The van der Waals surface area contributed by atoms with Crippen LogP contribution < -0.4 is 4.74 Å². The zero-order chi connectivity index (χ0) is 21.6. The number of amides is 1. The first kappa shape index (κ1) is 21.5. The maximum Gasteiger partial charge on any atom is 0.255 e. The Kier molecular flexibility index (Phi) is 6.99. The van der Waals surface area contributed by atoms with E-state index in [1.807, 2.05) is 25.1 Å². The summed E-state index contributed by atoms with van der Waals surface area (Å²) in [6, 6.07) is 13.7. The van der Waals surface area contributed by atoms with Crippen LogP contribution in [0.4, 0.5) is 0 Å². The van der Waals surface area contributed by atoms with Crippen molar-refractivity contribution >= 4 is 12.2 Å². The van der Waals surface area contributed by atoms with Crippen molar-refractivity contribution in [3.8, 4) is 5.75 Å². The highest BCUT2D eigenvalue weighted by molar-refractivity contribution is 6.00. The third kappa shape index (κ3) is 4.97. The first-order valence-corrected chi connectivity index (χ1v) is 11.1. The van der Waals surface area contributed by atoms with Crippen LogP contribution in [-0.2, 0) is 29.2 Å². The first-order chi connectivity index (χ1) is 15.2. The van der Waals surface area contributed by atoms with Crippen molar-refractivity contribution in [3.63, 3.8) is 0 Å². The molecule has 1 amide bonds.